The predicted molar refractivity (Wildman–Crippen MR) is 154 cm³/mol. The highest BCUT2D eigenvalue weighted by molar-refractivity contribution is 5.99. The molecule has 7 heteroatoms. The molecule has 0 aliphatic carbocycles. The molecule has 1 aromatic heterocycles. The van der Waals surface area contributed by atoms with Gasteiger partial charge in [-0.2, -0.15) is 0 Å². The summed E-state index contributed by atoms with van der Waals surface area (Å²) in [6, 6.07) is 20.3. The third kappa shape index (κ3) is 5.61. The third-order valence-corrected chi connectivity index (χ3v) is 6.94. The summed E-state index contributed by atoms with van der Waals surface area (Å²) < 4.78 is 23.9. The van der Waals surface area contributed by atoms with E-state index in [1.54, 1.807) is 11.0 Å². The molecular formula is C33H35NO6. The van der Waals surface area contributed by atoms with Gasteiger partial charge in [0.1, 0.15) is 12.2 Å². The highest BCUT2D eigenvalue weighted by atomic mass is 16.5. The minimum atomic E-state index is -0.620. The van der Waals surface area contributed by atoms with Crippen LogP contribution < -0.4 is 14.9 Å². The number of aryl methyl sites for hydroxylation is 1. The van der Waals surface area contributed by atoms with Gasteiger partial charge >= 0.3 is 0 Å². The van der Waals surface area contributed by atoms with Crippen LogP contribution in [0.3, 0.4) is 0 Å². The number of nitrogens with zero attached hydrogens (tertiary/aromatic N) is 1. The van der Waals surface area contributed by atoms with Gasteiger partial charge in [0.2, 0.25) is 5.76 Å². The number of benzene rings is 3. The third-order valence-electron chi connectivity index (χ3n) is 6.94. The maximum atomic E-state index is 13.9. The number of carbonyl (C=O) groups excluding carboxylic acids is 1. The molecule has 3 aromatic carbocycles. The van der Waals surface area contributed by atoms with E-state index in [0.29, 0.717) is 60.8 Å². The molecule has 7 nitrogen and oxygen atoms in total. The zero-order valence-corrected chi connectivity index (χ0v) is 23.4. The van der Waals surface area contributed by atoms with E-state index in [1.807, 2.05) is 88.4 Å². The molecule has 208 valence electrons. The maximum absolute atomic E-state index is 13.9. The Hall–Kier alpha value is -4.10. The van der Waals surface area contributed by atoms with Gasteiger partial charge in [0.05, 0.1) is 29.7 Å². The first-order valence-corrected chi connectivity index (χ1v) is 13.8. The molecule has 40 heavy (non-hydrogen) atoms. The van der Waals surface area contributed by atoms with E-state index in [9.17, 15) is 9.59 Å². The standard InChI is InChI=1S/C33H35NO6/c1-5-37-28-19-24(13-15-27(28)39-20-23-10-7-6-8-11-23)30-29-31(35)25-18-22(4)12-14-26(25)40-32(29)33(36)34(30)16-9-17-38-21(2)3/h6-8,10-15,18-19,21,30H,5,9,16-17,20H2,1-4H3. The van der Waals surface area contributed by atoms with Crippen molar-refractivity contribution in [2.24, 2.45) is 0 Å². The summed E-state index contributed by atoms with van der Waals surface area (Å²) in [6.07, 6.45) is 0.717. The van der Waals surface area contributed by atoms with Crippen molar-refractivity contribution in [1.29, 1.82) is 0 Å². The lowest BCUT2D eigenvalue weighted by Crippen LogP contribution is -2.31. The Balaban J connectivity index is 1.55. The van der Waals surface area contributed by atoms with Crippen LogP contribution in [0.25, 0.3) is 11.0 Å². The summed E-state index contributed by atoms with van der Waals surface area (Å²) in [5, 5.41) is 0.467. The minimum Gasteiger partial charge on any atom is -0.490 e. The van der Waals surface area contributed by atoms with Crippen molar-refractivity contribution >= 4 is 16.9 Å². The second-order valence-corrected chi connectivity index (χ2v) is 10.3. The average Bonchev–Trinajstić information content (AvgIpc) is 3.23. The largest absolute Gasteiger partial charge is 0.490 e. The number of ether oxygens (including phenoxy) is 3. The summed E-state index contributed by atoms with van der Waals surface area (Å²) in [5.41, 5.74) is 3.31. The van der Waals surface area contributed by atoms with Crippen molar-refractivity contribution in [3.8, 4) is 11.5 Å². The van der Waals surface area contributed by atoms with Crippen molar-refractivity contribution in [3.63, 3.8) is 0 Å². The van der Waals surface area contributed by atoms with Gasteiger partial charge in [-0.25, -0.2) is 0 Å². The van der Waals surface area contributed by atoms with Crippen LogP contribution in [0.1, 0.15) is 66.0 Å². The molecule has 0 N–H and O–H groups in total. The van der Waals surface area contributed by atoms with Gasteiger partial charge in [-0.3, -0.25) is 9.59 Å². The molecule has 0 bridgehead atoms. The Bertz CT molecular complexity index is 1560. The second-order valence-electron chi connectivity index (χ2n) is 10.3. The van der Waals surface area contributed by atoms with E-state index >= 15 is 0 Å². The average molecular weight is 542 g/mol. The monoisotopic (exact) mass is 541 g/mol. The minimum absolute atomic E-state index is 0.0937. The number of fused-ring (bicyclic) bond motifs is 2. The Morgan fingerprint density at radius 2 is 1.75 bits per heavy atom. The van der Waals surface area contributed by atoms with Crippen LogP contribution in [-0.4, -0.2) is 36.7 Å². The van der Waals surface area contributed by atoms with E-state index in [-0.39, 0.29) is 23.2 Å². The lowest BCUT2D eigenvalue weighted by Gasteiger charge is -2.26. The first-order valence-electron chi connectivity index (χ1n) is 13.8. The molecule has 0 saturated carbocycles. The van der Waals surface area contributed by atoms with Crippen LogP contribution in [0.15, 0.2) is 75.9 Å². The molecule has 5 rings (SSSR count). The van der Waals surface area contributed by atoms with Gasteiger partial charge in [0, 0.05) is 13.2 Å². The first kappa shape index (κ1) is 27.5. The number of rotatable bonds is 11. The molecule has 2 heterocycles. The first-order chi connectivity index (χ1) is 19.4. The lowest BCUT2D eigenvalue weighted by molar-refractivity contribution is 0.0593. The second kappa shape index (κ2) is 12.0. The predicted octanol–water partition coefficient (Wildman–Crippen LogP) is 6.44. The van der Waals surface area contributed by atoms with Crippen molar-refractivity contribution < 1.29 is 23.4 Å². The fraction of sp³-hybridized carbons (Fsp3) is 0.333. The summed E-state index contributed by atoms with van der Waals surface area (Å²) >= 11 is 0. The van der Waals surface area contributed by atoms with E-state index in [0.717, 1.165) is 16.7 Å². The Morgan fingerprint density at radius 1 is 0.950 bits per heavy atom. The quantitative estimate of drug-likeness (QED) is 0.203. The molecule has 0 radical (unpaired) electrons. The topological polar surface area (TPSA) is 78.2 Å². The molecule has 1 amide bonds. The van der Waals surface area contributed by atoms with E-state index in [4.69, 9.17) is 18.6 Å². The van der Waals surface area contributed by atoms with Gasteiger partial charge in [-0.1, -0.05) is 48.0 Å². The maximum Gasteiger partial charge on any atom is 0.290 e. The van der Waals surface area contributed by atoms with Crippen LogP contribution in [0, 0.1) is 6.92 Å². The van der Waals surface area contributed by atoms with Crippen LogP contribution in [0.4, 0.5) is 0 Å². The molecule has 0 saturated heterocycles. The Labute approximate surface area is 234 Å². The SMILES string of the molecule is CCOc1cc(C2c3c(oc4ccc(C)cc4c3=O)C(=O)N2CCCOC(C)C)ccc1OCc1ccccc1. The van der Waals surface area contributed by atoms with Crippen LogP contribution in [0.5, 0.6) is 11.5 Å². The van der Waals surface area contributed by atoms with Crippen molar-refractivity contribution in [1.82, 2.24) is 4.90 Å². The van der Waals surface area contributed by atoms with E-state index in [2.05, 4.69) is 0 Å². The smallest absolute Gasteiger partial charge is 0.290 e. The Morgan fingerprint density at radius 3 is 2.50 bits per heavy atom. The van der Waals surface area contributed by atoms with Gasteiger partial charge in [-0.05, 0) is 69.5 Å². The molecule has 1 aliphatic rings. The summed E-state index contributed by atoms with van der Waals surface area (Å²) in [6.45, 7) is 9.54. The summed E-state index contributed by atoms with van der Waals surface area (Å²) in [4.78, 5) is 29.3. The molecule has 1 unspecified atom stereocenters. The van der Waals surface area contributed by atoms with Crippen molar-refractivity contribution in [2.75, 3.05) is 19.8 Å². The van der Waals surface area contributed by atoms with Gasteiger partial charge < -0.3 is 23.5 Å². The molecule has 0 spiro atoms. The number of amides is 1. The Kier molecular flexibility index (Phi) is 8.21. The fourth-order valence-electron chi connectivity index (χ4n) is 5.08. The molecule has 1 atom stereocenters. The normalized spacial score (nSPS) is 14.7. The lowest BCUT2D eigenvalue weighted by atomic mass is 9.97. The van der Waals surface area contributed by atoms with Crippen LogP contribution >= 0.6 is 0 Å². The zero-order chi connectivity index (χ0) is 28.2. The molecular weight excluding hydrogens is 506 g/mol. The van der Waals surface area contributed by atoms with Crippen molar-refractivity contribution in [3.05, 3.63) is 105 Å². The van der Waals surface area contributed by atoms with Gasteiger partial charge in [-0.15, -0.1) is 0 Å². The number of hydrogen-bond donors (Lipinski definition) is 0. The van der Waals surface area contributed by atoms with Gasteiger partial charge in [0.25, 0.3) is 5.91 Å². The van der Waals surface area contributed by atoms with Crippen LogP contribution in [-0.2, 0) is 11.3 Å². The molecule has 0 fully saturated rings. The fourth-order valence-corrected chi connectivity index (χ4v) is 5.08. The molecule has 1 aliphatic heterocycles. The van der Waals surface area contributed by atoms with Gasteiger partial charge in [0.15, 0.2) is 16.9 Å². The van der Waals surface area contributed by atoms with Crippen molar-refractivity contribution in [2.45, 2.75) is 52.9 Å². The zero-order valence-electron chi connectivity index (χ0n) is 23.4. The number of hydrogen-bond acceptors (Lipinski definition) is 6. The summed E-state index contributed by atoms with van der Waals surface area (Å²) in [5.74, 6) is 0.947. The van der Waals surface area contributed by atoms with Crippen LogP contribution in [0.2, 0.25) is 0 Å². The highest BCUT2D eigenvalue weighted by Gasteiger charge is 2.42. The highest BCUT2D eigenvalue weighted by Crippen LogP contribution is 2.41. The van der Waals surface area contributed by atoms with E-state index < -0.39 is 6.04 Å². The number of carbonyl (C=O) groups is 1. The molecule has 4 aromatic rings. The van der Waals surface area contributed by atoms with E-state index in [1.165, 1.54) is 0 Å². The summed E-state index contributed by atoms with van der Waals surface area (Å²) in [7, 11) is 0.